The van der Waals surface area contributed by atoms with E-state index in [1.165, 1.54) is 0 Å². The van der Waals surface area contributed by atoms with Crippen molar-refractivity contribution in [1.82, 2.24) is 15.5 Å². The summed E-state index contributed by atoms with van der Waals surface area (Å²) in [5, 5.41) is 7.54. The summed E-state index contributed by atoms with van der Waals surface area (Å²) in [5.41, 5.74) is 6.03. The van der Waals surface area contributed by atoms with E-state index in [1.54, 1.807) is 24.3 Å². The van der Waals surface area contributed by atoms with E-state index in [1.807, 2.05) is 20.8 Å². The molecule has 1 amide bonds. The molecule has 1 unspecified atom stereocenters. The average molecular weight is 351 g/mol. The Balaban J connectivity index is 2.12. The zero-order valence-corrected chi connectivity index (χ0v) is 14.9. The number of carbonyl (C=O) groups is 1. The molecule has 1 aromatic carbocycles. The van der Waals surface area contributed by atoms with Crippen molar-refractivity contribution in [3.05, 3.63) is 35.1 Å². The molecule has 1 heterocycles. The Kier molecular flexibility index (Phi) is 5.96. The van der Waals surface area contributed by atoms with Gasteiger partial charge in [0.05, 0.1) is 11.5 Å². The molecule has 1 aromatic heterocycles. The van der Waals surface area contributed by atoms with Crippen LogP contribution in [0, 0.1) is 5.41 Å². The SMILES string of the molecule is CCC(CC)(CN)C(=O)NC(C)c1noc(-c2ccc(Cl)cc2)n1. The lowest BCUT2D eigenvalue weighted by Gasteiger charge is -2.29. The van der Waals surface area contributed by atoms with Crippen LogP contribution < -0.4 is 11.1 Å². The average Bonchev–Trinajstić information content (AvgIpc) is 3.08. The third kappa shape index (κ3) is 3.76. The number of nitrogens with one attached hydrogen (secondary N) is 1. The van der Waals surface area contributed by atoms with E-state index in [0.717, 1.165) is 5.56 Å². The van der Waals surface area contributed by atoms with Crippen molar-refractivity contribution in [3.8, 4) is 11.5 Å². The number of aromatic nitrogens is 2. The summed E-state index contributed by atoms with van der Waals surface area (Å²) in [6, 6.07) is 6.74. The molecule has 130 valence electrons. The maximum Gasteiger partial charge on any atom is 0.257 e. The minimum absolute atomic E-state index is 0.0830. The molecule has 7 heteroatoms. The highest BCUT2D eigenvalue weighted by Crippen LogP contribution is 2.27. The first-order valence-electron chi connectivity index (χ1n) is 8.06. The minimum Gasteiger partial charge on any atom is -0.346 e. The fourth-order valence-corrected chi connectivity index (χ4v) is 2.61. The Bertz CT molecular complexity index is 672. The molecule has 2 rings (SSSR count). The van der Waals surface area contributed by atoms with Gasteiger partial charge in [-0.15, -0.1) is 0 Å². The number of halogens is 1. The van der Waals surface area contributed by atoms with Gasteiger partial charge in [-0.2, -0.15) is 4.98 Å². The topological polar surface area (TPSA) is 94.0 Å². The van der Waals surface area contributed by atoms with Crippen LogP contribution in [0.4, 0.5) is 0 Å². The molecule has 2 aromatic rings. The maximum atomic E-state index is 12.6. The molecule has 0 aliphatic heterocycles. The van der Waals surface area contributed by atoms with Gasteiger partial charge in [0.15, 0.2) is 5.82 Å². The van der Waals surface area contributed by atoms with Crippen LogP contribution in [0.25, 0.3) is 11.5 Å². The first kappa shape index (κ1) is 18.4. The van der Waals surface area contributed by atoms with Crippen LogP contribution in [0.5, 0.6) is 0 Å². The van der Waals surface area contributed by atoms with Gasteiger partial charge in [0.1, 0.15) is 0 Å². The summed E-state index contributed by atoms with van der Waals surface area (Å²) in [7, 11) is 0. The van der Waals surface area contributed by atoms with Crippen molar-refractivity contribution in [2.24, 2.45) is 11.1 Å². The summed E-state index contributed by atoms with van der Waals surface area (Å²) < 4.78 is 5.28. The normalized spacial score (nSPS) is 12.9. The maximum absolute atomic E-state index is 12.6. The number of carbonyl (C=O) groups excluding carboxylic acids is 1. The Hall–Kier alpha value is -1.92. The zero-order valence-electron chi connectivity index (χ0n) is 14.2. The van der Waals surface area contributed by atoms with Gasteiger partial charge in [0, 0.05) is 17.1 Å². The van der Waals surface area contributed by atoms with E-state index in [4.69, 9.17) is 21.9 Å². The molecule has 0 bridgehead atoms. The van der Waals surface area contributed by atoms with E-state index in [-0.39, 0.29) is 11.9 Å². The van der Waals surface area contributed by atoms with E-state index >= 15 is 0 Å². The van der Waals surface area contributed by atoms with Gasteiger partial charge < -0.3 is 15.6 Å². The van der Waals surface area contributed by atoms with Crippen molar-refractivity contribution in [1.29, 1.82) is 0 Å². The number of hydrogen-bond donors (Lipinski definition) is 2. The molecule has 24 heavy (non-hydrogen) atoms. The second kappa shape index (κ2) is 7.77. The summed E-state index contributed by atoms with van der Waals surface area (Å²) in [5.74, 6) is 0.727. The quantitative estimate of drug-likeness (QED) is 0.798. The monoisotopic (exact) mass is 350 g/mol. The van der Waals surface area contributed by atoms with Crippen LogP contribution in [0.15, 0.2) is 28.8 Å². The molecule has 0 spiro atoms. The smallest absolute Gasteiger partial charge is 0.257 e. The van der Waals surface area contributed by atoms with Crippen LogP contribution in [0.1, 0.15) is 45.5 Å². The highest BCUT2D eigenvalue weighted by Gasteiger charge is 2.34. The van der Waals surface area contributed by atoms with E-state index in [0.29, 0.717) is 36.1 Å². The molecule has 6 nitrogen and oxygen atoms in total. The zero-order chi connectivity index (χ0) is 17.7. The van der Waals surface area contributed by atoms with Crippen LogP contribution in [-0.2, 0) is 4.79 Å². The highest BCUT2D eigenvalue weighted by molar-refractivity contribution is 6.30. The third-order valence-electron chi connectivity index (χ3n) is 4.49. The van der Waals surface area contributed by atoms with E-state index < -0.39 is 5.41 Å². The van der Waals surface area contributed by atoms with Crippen LogP contribution in [-0.4, -0.2) is 22.6 Å². The standard InChI is InChI=1S/C17H23ClN4O2/c1-4-17(5-2,10-19)16(23)20-11(3)14-21-15(24-22-14)12-6-8-13(18)9-7-12/h6-9,11H,4-5,10,19H2,1-3H3,(H,20,23). The van der Waals surface area contributed by atoms with Crippen LogP contribution >= 0.6 is 11.6 Å². The molecule has 0 radical (unpaired) electrons. The van der Waals surface area contributed by atoms with E-state index in [2.05, 4.69) is 15.5 Å². The number of nitrogens with zero attached hydrogens (tertiary/aromatic N) is 2. The molecule has 0 aliphatic rings. The fourth-order valence-electron chi connectivity index (χ4n) is 2.49. The Morgan fingerprint density at radius 3 is 2.50 bits per heavy atom. The fraction of sp³-hybridized carbons (Fsp3) is 0.471. The minimum atomic E-state index is -0.559. The largest absolute Gasteiger partial charge is 0.346 e. The molecule has 0 aliphatic carbocycles. The second-order valence-corrected chi connectivity index (χ2v) is 6.29. The van der Waals surface area contributed by atoms with Gasteiger partial charge in [-0.3, -0.25) is 4.79 Å². The predicted octanol–water partition coefficient (Wildman–Crippen LogP) is 3.33. The molecule has 0 fully saturated rings. The van der Waals surface area contributed by atoms with Gasteiger partial charge >= 0.3 is 0 Å². The number of nitrogens with two attached hydrogens (primary N) is 1. The van der Waals surface area contributed by atoms with Crippen molar-refractivity contribution in [3.63, 3.8) is 0 Å². The molecule has 3 N–H and O–H groups in total. The number of hydrogen-bond acceptors (Lipinski definition) is 5. The van der Waals surface area contributed by atoms with Gasteiger partial charge in [0.25, 0.3) is 5.89 Å². The predicted molar refractivity (Wildman–Crippen MR) is 93.4 cm³/mol. The summed E-state index contributed by atoms with van der Waals surface area (Å²) >= 11 is 5.87. The summed E-state index contributed by atoms with van der Waals surface area (Å²) in [6.45, 7) is 6.06. The van der Waals surface area contributed by atoms with Crippen LogP contribution in [0.2, 0.25) is 5.02 Å². The summed E-state index contributed by atoms with van der Waals surface area (Å²) in [4.78, 5) is 16.9. The molecule has 1 atom stereocenters. The Morgan fingerprint density at radius 1 is 1.33 bits per heavy atom. The first-order valence-corrected chi connectivity index (χ1v) is 8.44. The third-order valence-corrected chi connectivity index (χ3v) is 4.75. The van der Waals surface area contributed by atoms with Gasteiger partial charge in [0.2, 0.25) is 5.91 Å². The van der Waals surface area contributed by atoms with Gasteiger partial charge in [-0.1, -0.05) is 30.6 Å². The van der Waals surface area contributed by atoms with Gasteiger partial charge in [-0.25, -0.2) is 0 Å². The van der Waals surface area contributed by atoms with Gasteiger partial charge in [-0.05, 0) is 44.0 Å². The summed E-state index contributed by atoms with van der Waals surface area (Å²) in [6.07, 6.45) is 1.36. The first-order chi connectivity index (χ1) is 11.5. The lowest BCUT2D eigenvalue weighted by Crippen LogP contribution is -2.46. The lowest BCUT2D eigenvalue weighted by atomic mass is 9.81. The van der Waals surface area contributed by atoms with Crippen molar-refractivity contribution < 1.29 is 9.32 Å². The second-order valence-electron chi connectivity index (χ2n) is 5.85. The van der Waals surface area contributed by atoms with Crippen molar-refractivity contribution in [2.45, 2.75) is 39.7 Å². The van der Waals surface area contributed by atoms with Crippen molar-refractivity contribution >= 4 is 17.5 Å². The molecular formula is C17H23ClN4O2. The Labute approximate surface area is 146 Å². The molecular weight excluding hydrogens is 328 g/mol. The molecule has 0 saturated carbocycles. The van der Waals surface area contributed by atoms with Crippen molar-refractivity contribution in [2.75, 3.05) is 6.54 Å². The van der Waals surface area contributed by atoms with E-state index in [9.17, 15) is 4.79 Å². The van der Waals surface area contributed by atoms with Crippen LogP contribution in [0.3, 0.4) is 0 Å². The lowest BCUT2D eigenvalue weighted by molar-refractivity contribution is -0.131. The Morgan fingerprint density at radius 2 is 1.96 bits per heavy atom. The molecule has 0 saturated heterocycles. The number of amides is 1. The highest BCUT2D eigenvalue weighted by atomic mass is 35.5. The number of rotatable bonds is 7. The number of benzene rings is 1.